The molecule has 2 fully saturated rings. The second-order valence-corrected chi connectivity index (χ2v) is 4.81. The number of nitrogens with zero attached hydrogens (tertiary/aromatic N) is 5. The highest BCUT2D eigenvalue weighted by molar-refractivity contribution is 5.34. The second-order valence-electron chi connectivity index (χ2n) is 4.81. The smallest absolute Gasteiger partial charge is 0.245 e. The van der Waals surface area contributed by atoms with Gasteiger partial charge in [-0.15, -0.1) is 0 Å². The third kappa shape index (κ3) is 1.32. The van der Waals surface area contributed by atoms with Crippen LogP contribution in [-0.2, 0) is 7.05 Å². The van der Waals surface area contributed by atoms with E-state index in [0.29, 0.717) is 6.04 Å². The summed E-state index contributed by atoms with van der Waals surface area (Å²) in [6.07, 6.45) is 1.16. The van der Waals surface area contributed by atoms with E-state index in [-0.39, 0.29) is 0 Å². The SMILES string of the molecule is CCC1C2CNCC2CN1c1nnnn1C. The highest BCUT2D eigenvalue weighted by Gasteiger charge is 2.44. The van der Waals surface area contributed by atoms with E-state index in [2.05, 4.69) is 32.7 Å². The predicted octanol–water partition coefficient (Wildman–Crippen LogP) is -0.356. The first kappa shape index (κ1) is 10.0. The minimum atomic E-state index is 0.588. The van der Waals surface area contributed by atoms with Gasteiger partial charge in [-0.1, -0.05) is 12.0 Å². The number of aryl methyl sites for hydroxylation is 1. The highest BCUT2D eigenvalue weighted by Crippen LogP contribution is 2.36. The van der Waals surface area contributed by atoms with Crippen molar-refractivity contribution in [3.8, 4) is 0 Å². The Morgan fingerprint density at radius 2 is 2.31 bits per heavy atom. The lowest BCUT2D eigenvalue weighted by molar-refractivity contribution is 0.439. The highest BCUT2D eigenvalue weighted by atomic mass is 15.6. The summed E-state index contributed by atoms with van der Waals surface area (Å²) in [6.45, 7) is 5.63. The zero-order valence-electron chi connectivity index (χ0n) is 9.80. The van der Waals surface area contributed by atoms with Gasteiger partial charge in [-0.25, -0.2) is 4.68 Å². The standard InChI is InChI=1S/C10H18N6/c1-3-9-8-5-11-4-7(8)6-16(9)10-12-13-14-15(10)2/h7-9,11H,3-6H2,1-2H3. The molecule has 0 aliphatic carbocycles. The maximum atomic E-state index is 4.13. The van der Waals surface area contributed by atoms with Gasteiger partial charge in [-0.2, -0.15) is 0 Å². The van der Waals surface area contributed by atoms with E-state index in [9.17, 15) is 0 Å². The molecule has 0 spiro atoms. The molecule has 0 saturated carbocycles. The molecule has 3 atom stereocenters. The number of anilines is 1. The minimum Gasteiger partial charge on any atom is -0.336 e. The Bertz CT molecular complexity index is 375. The molecule has 3 heterocycles. The van der Waals surface area contributed by atoms with E-state index in [1.165, 1.54) is 0 Å². The molecule has 0 radical (unpaired) electrons. The van der Waals surface area contributed by atoms with Crippen LogP contribution >= 0.6 is 0 Å². The van der Waals surface area contributed by atoms with Crippen molar-refractivity contribution in [3.63, 3.8) is 0 Å². The van der Waals surface area contributed by atoms with Crippen molar-refractivity contribution in [1.29, 1.82) is 0 Å². The van der Waals surface area contributed by atoms with Crippen molar-refractivity contribution in [2.45, 2.75) is 19.4 Å². The molecule has 6 nitrogen and oxygen atoms in total. The van der Waals surface area contributed by atoms with Crippen LogP contribution in [0.2, 0.25) is 0 Å². The lowest BCUT2D eigenvalue weighted by atomic mass is 9.93. The maximum Gasteiger partial charge on any atom is 0.245 e. The Hall–Kier alpha value is -1.17. The third-order valence-corrected chi connectivity index (χ3v) is 3.99. The summed E-state index contributed by atoms with van der Waals surface area (Å²) >= 11 is 0. The van der Waals surface area contributed by atoms with Gasteiger partial charge in [0.05, 0.1) is 0 Å². The van der Waals surface area contributed by atoms with Gasteiger partial charge in [0, 0.05) is 32.7 Å². The quantitative estimate of drug-likeness (QED) is 0.741. The third-order valence-electron chi connectivity index (χ3n) is 3.99. The summed E-state index contributed by atoms with van der Waals surface area (Å²) in [6, 6.07) is 0.588. The minimum absolute atomic E-state index is 0.588. The molecule has 2 aliphatic rings. The Labute approximate surface area is 95.0 Å². The molecule has 3 rings (SSSR count). The van der Waals surface area contributed by atoms with E-state index in [1.54, 1.807) is 4.68 Å². The molecule has 0 aromatic carbocycles. The number of rotatable bonds is 2. The van der Waals surface area contributed by atoms with Gasteiger partial charge in [-0.3, -0.25) is 0 Å². The molecule has 1 N–H and O–H groups in total. The summed E-state index contributed by atoms with van der Waals surface area (Å²) < 4.78 is 1.77. The zero-order valence-corrected chi connectivity index (χ0v) is 9.80. The normalized spacial score (nSPS) is 33.4. The fourth-order valence-electron chi connectivity index (χ4n) is 3.24. The average Bonchev–Trinajstić information content (AvgIpc) is 2.90. The Morgan fingerprint density at radius 1 is 1.44 bits per heavy atom. The van der Waals surface area contributed by atoms with E-state index < -0.39 is 0 Å². The van der Waals surface area contributed by atoms with E-state index in [1.807, 2.05) is 7.05 Å². The van der Waals surface area contributed by atoms with Gasteiger partial charge in [0.25, 0.3) is 0 Å². The monoisotopic (exact) mass is 222 g/mol. The first-order valence-corrected chi connectivity index (χ1v) is 6.01. The van der Waals surface area contributed by atoms with Crippen LogP contribution in [0.1, 0.15) is 13.3 Å². The number of hydrogen-bond donors (Lipinski definition) is 1. The molecule has 16 heavy (non-hydrogen) atoms. The van der Waals surface area contributed by atoms with Crippen molar-refractivity contribution < 1.29 is 0 Å². The Morgan fingerprint density at radius 3 is 3.00 bits per heavy atom. The fraction of sp³-hybridized carbons (Fsp3) is 0.900. The lowest BCUT2D eigenvalue weighted by Crippen LogP contribution is -2.36. The molecule has 1 aromatic rings. The molecule has 2 saturated heterocycles. The largest absolute Gasteiger partial charge is 0.336 e. The lowest BCUT2D eigenvalue weighted by Gasteiger charge is -2.26. The Kier molecular flexibility index (Phi) is 2.31. The van der Waals surface area contributed by atoms with Crippen molar-refractivity contribution >= 4 is 5.95 Å². The van der Waals surface area contributed by atoms with Crippen molar-refractivity contribution in [2.24, 2.45) is 18.9 Å². The molecular weight excluding hydrogens is 204 g/mol. The van der Waals surface area contributed by atoms with Crippen LogP contribution in [0, 0.1) is 11.8 Å². The van der Waals surface area contributed by atoms with E-state index in [0.717, 1.165) is 43.8 Å². The Balaban J connectivity index is 1.89. The van der Waals surface area contributed by atoms with Gasteiger partial charge in [-0.05, 0) is 28.7 Å². The van der Waals surface area contributed by atoms with Gasteiger partial charge < -0.3 is 10.2 Å². The van der Waals surface area contributed by atoms with E-state index >= 15 is 0 Å². The number of tetrazole rings is 1. The van der Waals surface area contributed by atoms with Crippen molar-refractivity contribution in [1.82, 2.24) is 25.5 Å². The van der Waals surface area contributed by atoms with Gasteiger partial charge >= 0.3 is 0 Å². The summed E-state index contributed by atoms with van der Waals surface area (Å²) in [5, 5.41) is 15.3. The fourth-order valence-corrected chi connectivity index (χ4v) is 3.24. The van der Waals surface area contributed by atoms with Crippen LogP contribution in [0.15, 0.2) is 0 Å². The van der Waals surface area contributed by atoms with Crippen LogP contribution < -0.4 is 10.2 Å². The average molecular weight is 222 g/mol. The van der Waals surface area contributed by atoms with Crippen LogP contribution in [0.3, 0.4) is 0 Å². The van der Waals surface area contributed by atoms with Crippen LogP contribution in [0.4, 0.5) is 5.95 Å². The van der Waals surface area contributed by atoms with E-state index in [4.69, 9.17) is 0 Å². The predicted molar refractivity (Wildman–Crippen MR) is 60.1 cm³/mol. The topological polar surface area (TPSA) is 58.9 Å². The number of nitrogens with one attached hydrogen (secondary N) is 1. The summed E-state index contributed by atoms with van der Waals surface area (Å²) in [5.74, 6) is 2.45. The zero-order chi connectivity index (χ0) is 11.1. The number of fused-ring (bicyclic) bond motifs is 1. The molecule has 2 aliphatic heterocycles. The van der Waals surface area contributed by atoms with Crippen LogP contribution in [-0.4, -0.2) is 45.9 Å². The molecule has 0 amide bonds. The maximum absolute atomic E-state index is 4.13. The molecule has 1 aromatic heterocycles. The summed E-state index contributed by atoms with van der Waals surface area (Å²) in [5.41, 5.74) is 0. The first-order valence-electron chi connectivity index (χ1n) is 6.01. The van der Waals surface area contributed by atoms with Gasteiger partial charge in [0.1, 0.15) is 0 Å². The van der Waals surface area contributed by atoms with Gasteiger partial charge in [0.2, 0.25) is 5.95 Å². The number of aromatic nitrogens is 4. The molecule has 6 heteroatoms. The van der Waals surface area contributed by atoms with Crippen molar-refractivity contribution in [3.05, 3.63) is 0 Å². The first-order chi connectivity index (χ1) is 7.81. The van der Waals surface area contributed by atoms with Crippen molar-refractivity contribution in [2.75, 3.05) is 24.5 Å². The molecular formula is C10H18N6. The summed E-state index contributed by atoms with van der Waals surface area (Å²) in [7, 11) is 1.91. The second kappa shape index (κ2) is 3.69. The molecule has 3 unspecified atom stereocenters. The van der Waals surface area contributed by atoms with Gasteiger partial charge in [0.15, 0.2) is 0 Å². The number of hydrogen-bond acceptors (Lipinski definition) is 5. The molecule has 88 valence electrons. The van der Waals surface area contributed by atoms with Crippen LogP contribution in [0.25, 0.3) is 0 Å². The van der Waals surface area contributed by atoms with Crippen LogP contribution in [0.5, 0.6) is 0 Å². The summed E-state index contributed by atoms with van der Waals surface area (Å²) in [4.78, 5) is 2.39. The molecule has 0 bridgehead atoms.